The van der Waals surface area contributed by atoms with Crippen LogP contribution in [0.1, 0.15) is 28.5 Å². The zero-order chi connectivity index (χ0) is 30.8. The number of hydrogen-bond acceptors (Lipinski definition) is 8. The number of piperazine rings is 1. The molecule has 1 aromatic heterocycles. The first kappa shape index (κ1) is 29.8. The van der Waals surface area contributed by atoms with Crippen molar-refractivity contribution in [3.05, 3.63) is 106 Å². The van der Waals surface area contributed by atoms with Crippen LogP contribution in [0.25, 0.3) is 15.6 Å². The van der Waals surface area contributed by atoms with Gasteiger partial charge in [-0.2, -0.15) is 0 Å². The molecule has 4 aromatic rings. The Morgan fingerprint density at radius 1 is 1.09 bits per heavy atom. The number of ether oxygens (including phenoxy) is 2. The summed E-state index contributed by atoms with van der Waals surface area (Å²) in [5.41, 5.74) is 3.05. The highest BCUT2D eigenvalue weighted by atomic mass is 35.5. The van der Waals surface area contributed by atoms with Gasteiger partial charge in [-0.25, -0.2) is 29.8 Å². The van der Waals surface area contributed by atoms with Gasteiger partial charge in [0.25, 0.3) is 0 Å². The van der Waals surface area contributed by atoms with E-state index in [0.29, 0.717) is 35.1 Å². The van der Waals surface area contributed by atoms with Crippen LogP contribution in [-0.2, 0) is 38.9 Å². The average molecular weight is 632 g/mol. The smallest absolute Gasteiger partial charge is 0.410 e. The largest absolute Gasteiger partial charge is 0.445 e. The fourth-order valence-corrected chi connectivity index (χ4v) is 6.62. The molecule has 2 atom stereocenters. The van der Waals surface area contributed by atoms with Crippen LogP contribution in [0.2, 0.25) is 5.02 Å². The van der Waals surface area contributed by atoms with Gasteiger partial charge in [-0.3, -0.25) is 4.90 Å². The Hall–Kier alpha value is -4.24. The van der Waals surface area contributed by atoms with Gasteiger partial charge < -0.3 is 19.2 Å². The number of nitrogens with zero attached hydrogens (tertiary/aromatic N) is 5. The van der Waals surface area contributed by atoms with E-state index in [4.69, 9.17) is 27.6 Å². The molecule has 6 rings (SSSR count). The maximum atomic E-state index is 13.1. The first-order valence-corrected chi connectivity index (χ1v) is 16.4. The molecule has 0 N–H and O–H groups in total. The van der Waals surface area contributed by atoms with Gasteiger partial charge >= 0.3 is 6.09 Å². The van der Waals surface area contributed by atoms with Gasteiger partial charge in [-0.05, 0) is 22.6 Å². The first-order valence-electron chi connectivity index (χ1n) is 14.2. The van der Waals surface area contributed by atoms with Gasteiger partial charge in [0.15, 0.2) is 0 Å². The summed E-state index contributed by atoms with van der Waals surface area (Å²) in [5, 5.41) is 2.21. The van der Waals surface area contributed by atoms with Crippen molar-refractivity contribution in [1.82, 2.24) is 14.9 Å². The van der Waals surface area contributed by atoms with Gasteiger partial charge in [0.05, 0.1) is 18.4 Å². The van der Waals surface area contributed by atoms with Crippen LogP contribution >= 0.6 is 11.6 Å². The van der Waals surface area contributed by atoms with Crippen LogP contribution in [-0.4, -0.2) is 67.9 Å². The number of halogens is 1. The van der Waals surface area contributed by atoms with Crippen LogP contribution in [0.4, 0.5) is 10.6 Å². The van der Waals surface area contributed by atoms with E-state index >= 15 is 0 Å². The molecule has 1 amide bonds. The van der Waals surface area contributed by atoms with Crippen LogP contribution in [0.3, 0.4) is 0 Å². The number of rotatable bonds is 6. The van der Waals surface area contributed by atoms with Crippen molar-refractivity contribution in [2.24, 2.45) is 0 Å². The minimum atomic E-state index is -3.75. The molecule has 0 spiro atoms. The summed E-state index contributed by atoms with van der Waals surface area (Å²) in [4.78, 5) is 29.1. The lowest BCUT2D eigenvalue weighted by Gasteiger charge is -2.40. The molecule has 12 heteroatoms. The predicted octanol–water partition coefficient (Wildman–Crippen LogP) is 5.25. The molecule has 1 fully saturated rings. The van der Waals surface area contributed by atoms with Crippen molar-refractivity contribution in [2.45, 2.75) is 36.9 Å². The number of aromatic nitrogens is 2. The van der Waals surface area contributed by atoms with Crippen molar-refractivity contribution >= 4 is 44.1 Å². The van der Waals surface area contributed by atoms with Gasteiger partial charge in [0.1, 0.15) is 18.5 Å². The third-order valence-electron chi connectivity index (χ3n) is 7.95. The van der Waals surface area contributed by atoms with Gasteiger partial charge in [0.2, 0.25) is 21.5 Å². The van der Waals surface area contributed by atoms with E-state index in [0.717, 1.165) is 28.2 Å². The Labute approximate surface area is 260 Å². The lowest BCUT2D eigenvalue weighted by molar-refractivity contribution is 0.0264. The van der Waals surface area contributed by atoms with Crippen molar-refractivity contribution in [3.8, 4) is 0 Å². The summed E-state index contributed by atoms with van der Waals surface area (Å²) in [6.07, 6.45) is 0.521. The summed E-state index contributed by atoms with van der Waals surface area (Å²) in [6, 6.07) is 20.5. The number of amides is 1. The van der Waals surface area contributed by atoms with Crippen molar-refractivity contribution < 1.29 is 22.7 Å². The molecule has 3 aromatic carbocycles. The summed E-state index contributed by atoms with van der Waals surface area (Å²) in [6.45, 7) is 8.78. The Balaban J connectivity index is 1.29. The number of hydrogen-bond donors (Lipinski definition) is 0. The zero-order valence-electron chi connectivity index (χ0n) is 24.0. The average Bonchev–Trinajstić information content (AvgIpc) is 3.03. The van der Waals surface area contributed by atoms with Crippen molar-refractivity contribution in [3.63, 3.8) is 0 Å². The summed E-state index contributed by atoms with van der Waals surface area (Å²) in [5.74, 6) is 0.442. The Kier molecular flexibility index (Phi) is 8.40. The molecule has 0 unspecified atom stereocenters. The van der Waals surface area contributed by atoms with E-state index in [9.17, 15) is 13.2 Å². The van der Waals surface area contributed by atoms with Crippen LogP contribution in [0, 0.1) is 6.57 Å². The molecule has 44 heavy (non-hydrogen) atoms. The normalized spacial score (nSPS) is 18.5. The molecular weight excluding hydrogens is 602 g/mol. The summed E-state index contributed by atoms with van der Waals surface area (Å²) >= 11 is 6.59. The van der Waals surface area contributed by atoms with E-state index in [1.165, 1.54) is 0 Å². The van der Waals surface area contributed by atoms with Crippen LogP contribution in [0.15, 0.2) is 71.9 Å². The first-order chi connectivity index (χ1) is 21.2. The van der Waals surface area contributed by atoms with E-state index in [-0.39, 0.29) is 38.0 Å². The Bertz CT molecular complexity index is 1860. The molecule has 0 radical (unpaired) electrons. The lowest BCUT2D eigenvalue weighted by Crippen LogP contribution is -2.57. The minimum absolute atomic E-state index is 0.0591. The lowest BCUT2D eigenvalue weighted by atomic mass is 9.94. The summed E-state index contributed by atoms with van der Waals surface area (Å²) < 4.78 is 37.4. The quantitative estimate of drug-likeness (QED) is 0.210. The molecule has 1 saturated heterocycles. The maximum absolute atomic E-state index is 13.1. The second-order valence-electron chi connectivity index (χ2n) is 10.9. The second-order valence-corrected chi connectivity index (χ2v) is 13.2. The van der Waals surface area contributed by atoms with E-state index in [2.05, 4.69) is 14.8 Å². The summed E-state index contributed by atoms with van der Waals surface area (Å²) in [7, 11) is -3.75. The zero-order valence-corrected chi connectivity index (χ0v) is 25.6. The number of sulfone groups is 1. The number of carbonyl (C=O) groups excluding carboxylic acids is 1. The maximum Gasteiger partial charge on any atom is 0.410 e. The fraction of sp³-hybridized carbons (Fsp3) is 0.312. The fourth-order valence-electron chi connectivity index (χ4n) is 5.80. The highest BCUT2D eigenvalue weighted by molar-refractivity contribution is 7.90. The molecule has 0 bridgehead atoms. The minimum Gasteiger partial charge on any atom is -0.445 e. The Morgan fingerprint density at radius 2 is 1.86 bits per heavy atom. The van der Waals surface area contributed by atoms with E-state index in [1.807, 2.05) is 71.6 Å². The molecule has 3 heterocycles. The predicted molar refractivity (Wildman–Crippen MR) is 166 cm³/mol. The molecule has 0 aliphatic carbocycles. The van der Waals surface area contributed by atoms with Gasteiger partial charge in [-0.15, -0.1) is 0 Å². The SMILES string of the molecule is [C-]#[N+]C[C@@H]1CN(c2nc(S(C)(=O)=O)nc3c2CO[C@H](c2cccc4cccc(Cl)c24)C3)CCN1C(=O)OCc1ccccc1. The number of anilines is 1. The highest BCUT2D eigenvalue weighted by Gasteiger charge is 2.37. The van der Waals surface area contributed by atoms with Crippen molar-refractivity contribution in [2.75, 3.05) is 37.3 Å². The third-order valence-corrected chi connectivity index (χ3v) is 9.11. The second kappa shape index (κ2) is 12.4. The molecule has 2 aliphatic rings. The number of carbonyl (C=O) groups is 1. The highest BCUT2D eigenvalue weighted by Crippen LogP contribution is 2.39. The van der Waals surface area contributed by atoms with Gasteiger partial charge in [-0.1, -0.05) is 72.3 Å². The Morgan fingerprint density at radius 3 is 2.61 bits per heavy atom. The molecular formula is C32H30ClN5O5S. The van der Waals surface area contributed by atoms with Crippen molar-refractivity contribution in [1.29, 1.82) is 0 Å². The van der Waals surface area contributed by atoms with Gasteiger partial charge in [0, 0.05) is 48.3 Å². The third kappa shape index (κ3) is 6.06. The van der Waals surface area contributed by atoms with E-state index in [1.54, 1.807) is 4.90 Å². The molecule has 226 valence electrons. The topological polar surface area (TPSA) is 106 Å². The van der Waals surface area contributed by atoms with Crippen LogP contribution < -0.4 is 4.90 Å². The molecule has 10 nitrogen and oxygen atoms in total. The van der Waals surface area contributed by atoms with Crippen LogP contribution in [0.5, 0.6) is 0 Å². The number of benzene rings is 3. The molecule has 0 saturated carbocycles. The van der Waals surface area contributed by atoms with E-state index < -0.39 is 28.1 Å². The number of fused-ring (bicyclic) bond motifs is 2. The monoisotopic (exact) mass is 631 g/mol. The molecule has 2 aliphatic heterocycles. The standard InChI is InChI=1S/C32H30ClN5O5S/c1-34-17-23-18-37(14-15-38(23)32(39)43-19-21-8-4-3-5-9-21)30-25-20-42-28(16-27(25)35-31(36-30)44(2,40)41)24-12-6-10-22-11-7-13-26(33)29(22)24/h3-13,23,28H,14-20H2,2H3/t23-,28+/m1/s1.